The van der Waals surface area contributed by atoms with Crippen LogP contribution in [0.3, 0.4) is 0 Å². The van der Waals surface area contributed by atoms with Crippen LogP contribution in [0, 0.1) is 0 Å². The van der Waals surface area contributed by atoms with E-state index in [0.717, 1.165) is 4.90 Å². The molecule has 0 radical (unpaired) electrons. The van der Waals surface area contributed by atoms with Gasteiger partial charge in [0.25, 0.3) is 0 Å². The summed E-state index contributed by atoms with van der Waals surface area (Å²) in [5.74, 6) is -2.10. The van der Waals surface area contributed by atoms with Crippen LogP contribution in [0.5, 0.6) is 5.75 Å². The summed E-state index contributed by atoms with van der Waals surface area (Å²) in [5.41, 5.74) is 1.12. The van der Waals surface area contributed by atoms with Crippen molar-refractivity contribution < 1.29 is 23.9 Å². The molecule has 2 aromatic rings. The molecule has 28 heavy (non-hydrogen) atoms. The van der Waals surface area contributed by atoms with Crippen LogP contribution in [0.15, 0.2) is 54.6 Å². The number of rotatable bonds is 7. The highest BCUT2D eigenvalue weighted by Crippen LogP contribution is 2.24. The zero-order valence-corrected chi connectivity index (χ0v) is 15.3. The van der Waals surface area contributed by atoms with Gasteiger partial charge in [-0.3, -0.25) is 19.3 Å². The van der Waals surface area contributed by atoms with Gasteiger partial charge in [0.15, 0.2) is 0 Å². The highest BCUT2D eigenvalue weighted by Gasteiger charge is 2.45. The molecular weight excluding hydrogens is 362 g/mol. The van der Waals surface area contributed by atoms with Crippen molar-refractivity contribution in [3.63, 3.8) is 0 Å². The molecule has 0 bridgehead atoms. The topological polar surface area (TPSA) is 96.0 Å². The Labute approximate surface area is 161 Å². The second kappa shape index (κ2) is 8.34. The zero-order valence-electron chi connectivity index (χ0n) is 15.3. The molecule has 8 heteroatoms. The summed E-state index contributed by atoms with van der Waals surface area (Å²) in [6, 6.07) is 14.8. The van der Waals surface area contributed by atoms with E-state index in [1.54, 1.807) is 54.6 Å². The number of hydrogen-bond donors (Lipinski definition) is 1. The number of carbonyl (C=O) groups is 4. The summed E-state index contributed by atoms with van der Waals surface area (Å²) in [5, 5.41) is 2.60. The normalized spacial score (nSPS) is 13.8. The number of benzene rings is 2. The summed E-state index contributed by atoms with van der Waals surface area (Å²) >= 11 is 0. The van der Waals surface area contributed by atoms with E-state index in [1.807, 2.05) is 6.92 Å². The van der Waals surface area contributed by atoms with E-state index >= 15 is 0 Å². The molecule has 0 saturated carbocycles. The lowest BCUT2D eigenvalue weighted by molar-refractivity contribution is -0.143. The lowest BCUT2D eigenvalue weighted by atomic mass is 10.2. The number of carbonyl (C=O) groups excluding carboxylic acids is 4. The maximum absolute atomic E-state index is 12.5. The molecular formula is C20H19N3O5. The number of para-hydroxylation sites is 2. The lowest BCUT2D eigenvalue weighted by Crippen LogP contribution is -2.38. The molecule has 5 amide bonds. The van der Waals surface area contributed by atoms with Gasteiger partial charge in [-0.2, -0.15) is 0 Å². The van der Waals surface area contributed by atoms with Gasteiger partial charge in [-0.15, -0.1) is 0 Å². The molecule has 0 aliphatic carbocycles. The van der Waals surface area contributed by atoms with Gasteiger partial charge in [0.05, 0.1) is 18.8 Å². The van der Waals surface area contributed by atoms with Crippen LogP contribution < -0.4 is 10.1 Å². The van der Waals surface area contributed by atoms with Gasteiger partial charge in [-0.05, 0) is 24.6 Å². The third kappa shape index (κ3) is 4.01. The minimum absolute atomic E-state index is 0.0322. The number of hydrogen-bond acceptors (Lipinski definition) is 5. The van der Waals surface area contributed by atoms with Crippen LogP contribution in [0.4, 0.5) is 10.5 Å². The van der Waals surface area contributed by atoms with Crippen molar-refractivity contribution in [1.29, 1.82) is 0 Å². The number of imide groups is 2. The highest BCUT2D eigenvalue weighted by molar-refractivity contribution is 6.45. The third-order valence-electron chi connectivity index (χ3n) is 4.08. The molecule has 0 spiro atoms. The number of nitrogens with one attached hydrogen (secondary N) is 1. The average molecular weight is 381 g/mol. The van der Waals surface area contributed by atoms with Gasteiger partial charge in [0.1, 0.15) is 12.3 Å². The van der Waals surface area contributed by atoms with Crippen LogP contribution in [0.1, 0.15) is 12.5 Å². The smallest absolute Gasteiger partial charge is 0.335 e. The van der Waals surface area contributed by atoms with E-state index < -0.39 is 30.3 Å². The second-order valence-electron chi connectivity index (χ2n) is 6.03. The molecule has 1 aliphatic heterocycles. The maximum atomic E-state index is 12.5. The molecule has 1 heterocycles. The Balaban J connectivity index is 1.68. The zero-order chi connectivity index (χ0) is 20.1. The van der Waals surface area contributed by atoms with E-state index in [4.69, 9.17) is 4.74 Å². The minimum Gasteiger partial charge on any atom is -0.492 e. The van der Waals surface area contributed by atoms with E-state index in [2.05, 4.69) is 5.32 Å². The Kier molecular flexibility index (Phi) is 5.69. The standard InChI is InChI=1S/C20H19N3O5/c1-2-28-16-11-7-6-10-15(16)21-17(24)13-23-19(26)18(25)22(20(23)27)12-14-8-4-3-5-9-14/h3-11H,2,12-13H2,1H3,(H,21,24). The molecule has 1 fully saturated rings. The van der Waals surface area contributed by atoms with Gasteiger partial charge in [-0.1, -0.05) is 42.5 Å². The first-order valence-corrected chi connectivity index (χ1v) is 8.74. The van der Waals surface area contributed by atoms with Crippen LogP contribution in [0.25, 0.3) is 0 Å². The van der Waals surface area contributed by atoms with E-state index in [0.29, 0.717) is 28.5 Å². The largest absolute Gasteiger partial charge is 0.492 e. The maximum Gasteiger partial charge on any atom is 0.335 e. The first kappa shape index (κ1) is 19.1. The Hall–Kier alpha value is -3.68. The highest BCUT2D eigenvalue weighted by atomic mass is 16.5. The minimum atomic E-state index is -1.02. The predicted molar refractivity (Wildman–Crippen MR) is 100 cm³/mol. The van der Waals surface area contributed by atoms with Crippen LogP contribution in [-0.2, 0) is 20.9 Å². The number of anilines is 1. The molecule has 1 aliphatic rings. The fourth-order valence-electron chi connectivity index (χ4n) is 2.78. The third-order valence-corrected chi connectivity index (χ3v) is 4.08. The molecule has 0 atom stereocenters. The van der Waals surface area contributed by atoms with Crippen LogP contribution >= 0.6 is 0 Å². The Morgan fingerprint density at radius 3 is 2.29 bits per heavy atom. The number of amides is 5. The molecule has 8 nitrogen and oxygen atoms in total. The molecule has 0 unspecified atom stereocenters. The van der Waals surface area contributed by atoms with E-state index in [9.17, 15) is 19.2 Å². The molecule has 144 valence electrons. The number of urea groups is 1. The average Bonchev–Trinajstić information content (AvgIpc) is 2.89. The molecule has 1 saturated heterocycles. The predicted octanol–water partition coefficient (Wildman–Crippen LogP) is 2.01. The Morgan fingerprint density at radius 2 is 1.57 bits per heavy atom. The molecule has 3 rings (SSSR count). The van der Waals surface area contributed by atoms with Crippen LogP contribution in [-0.4, -0.2) is 46.7 Å². The fourth-order valence-corrected chi connectivity index (χ4v) is 2.78. The summed E-state index contributed by atoms with van der Waals surface area (Å²) in [6.07, 6.45) is 0. The van der Waals surface area contributed by atoms with Crippen molar-refractivity contribution in [2.75, 3.05) is 18.5 Å². The van der Waals surface area contributed by atoms with E-state index in [1.165, 1.54) is 0 Å². The molecule has 1 N–H and O–H groups in total. The summed E-state index contributed by atoms with van der Waals surface area (Å²) < 4.78 is 5.43. The first-order valence-electron chi connectivity index (χ1n) is 8.74. The van der Waals surface area contributed by atoms with Gasteiger partial charge >= 0.3 is 17.8 Å². The number of ether oxygens (including phenoxy) is 1. The fraction of sp³-hybridized carbons (Fsp3) is 0.200. The van der Waals surface area contributed by atoms with Gasteiger partial charge in [0.2, 0.25) is 5.91 Å². The van der Waals surface area contributed by atoms with Crippen LogP contribution in [0.2, 0.25) is 0 Å². The lowest BCUT2D eigenvalue weighted by Gasteiger charge is -2.16. The van der Waals surface area contributed by atoms with Crippen molar-refractivity contribution in [1.82, 2.24) is 9.80 Å². The van der Waals surface area contributed by atoms with Crippen molar-refractivity contribution in [2.24, 2.45) is 0 Å². The Bertz CT molecular complexity index is 913. The van der Waals surface area contributed by atoms with Crippen molar-refractivity contribution in [3.8, 4) is 5.75 Å². The summed E-state index contributed by atoms with van der Waals surface area (Å²) in [4.78, 5) is 50.7. The second-order valence-corrected chi connectivity index (χ2v) is 6.03. The van der Waals surface area contributed by atoms with Crippen molar-refractivity contribution in [3.05, 3.63) is 60.2 Å². The summed E-state index contributed by atoms with van der Waals surface area (Å²) in [7, 11) is 0. The first-order chi connectivity index (χ1) is 13.5. The number of nitrogens with zero attached hydrogens (tertiary/aromatic N) is 2. The quantitative estimate of drug-likeness (QED) is 0.585. The van der Waals surface area contributed by atoms with Gasteiger partial charge in [-0.25, -0.2) is 9.69 Å². The molecule has 0 aromatic heterocycles. The van der Waals surface area contributed by atoms with Crippen molar-refractivity contribution >= 4 is 29.4 Å². The Morgan fingerprint density at radius 1 is 0.929 bits per heavy atom. The van der Waals surface area contributed by atoms with Crippen molar-refractivity contribution in [2.45, 2.75) is 13.5 Å². The summed E-state index contributed by atoms with van der Waals surface area (Å²) in [6.45, 7) is 1.64. The van der Waals surface area contributed by atoms with Gasteiger partial charge in [0, 0.05) is 0 Å². The van der Waals surface area contributed by atoms with Gasteiger partial charge < -0.3 is 10.1 Å². The molecule has 2 aromatic carbocycles. The SMILES string of the molecule is CCOc1ccccc1NC(=O)CN1C(=O)C(=O)N(Cc2ccccc2)C1=O. The monoisotopic (exact) mass is 381 g/mol. The van der Waals surface area contributed by atoms with E-state index in [-0.39, 0.29) is 6.54 Å².